The molecule has 0 saturated carbocycles. The molecule has 0 aliphatic rings. The Morgan fingerprint density at radius 2 is 1.74 bits per heavy atom. The Kier molecular flexibility index (Phi) is 5.14. The molecule has 0 bridgehead atoms. The van der Waals surface area contributed by atoms with Gasteiger partial charge < -0.3 is 4.74 Å². The molecule has 4 rings (SSSR count). The van der Waals surface area contributed by atoms with Gasteiger partial charge in [0.15, 0.2) is 0 Å². The number of benzene rings is 2. The minimum atomic E-state index is 0.00286. The fourth-order valence-electron chi connectivity index (χ4n) is 3.22. The smallest absolute Gasteiger partial charge is 0.262 e. The van der Waals surface area contributed by atoms with E-state index in [1.807, 2.05) is 53.9 Å². The van der Waals surface area contributed by atoms with Gasteiger partial charge in [0.05, 0.1) is 18.5 Å². The SMILES string of the molecule is COCCn1c(Cc2ccccc2)nc2scc(-c3ccccc3)c2c1=O. The summed E-state index contributed by atoms with van der Waals surface area (Å²) in [5.74, 6) is 0.775. The maximum absolute atomic E-state index is 13.4. The van der Waals surface area contributed by atoms with E-state index in [9.17, 15) is 4.79 Å². The second-order valence-corrected chi connectivity index (χ2v) is 7.19. The van der Waals surface area contributed by atoms with E-state index in [0.29, 0.717) is 25.0 Å². The zero-order valence-electron chi connectivity index (χ0n) is 15.1. The van der Waals surface area contributed by atoms with Crippen molar-refractivity contribution in [2.24, 2.45) is 0 Å². The van der Waals surface area contributed by atoms with Crippen LogP contribution in [0.15, 0.2) is 70.8 Å². The molecule has 2 aromatic heterocycles. The standard InChI is InChI=1S/C22H20N2O2S/c1-26-13-12-24-19(14-16-8-4-2-5-9-16)23-21-20(22(24)25)18(15-27-21)17-10-6-3-7-11-17/h2-11,15H,12-14H2,1H3. The van der Waals surface area contributed by atoms with Crippen molar-refractivity contribution in [3.05, 3.63) is 87.8 Å². The van der Waals surface area contributed by atoms with Crippen LogP contribution in [0.1, 0.15) is 11.4 Å². The molecule has 27 heavy (non-hydrogen) atoms. The number of thiophene rings is 1. The maximum atomic E-state index is 13.4. The molecule has 0 aliphatic heterocycles. The van der Waals surface area contributed by atoms with Crippen LogP contribution in [0.5, 0.6) is 0 Å². The molecular formula is C22H20N2O2S. The molecular weight excluding hydrogens is 356 g/mol. The Hall–Kier alpha value is -2.76. The third-order valence-electron chi connectivity index (χ3n) is 4.58. The summed E-state index contributed by atoms with van der Waals surface area (Å²) < 4.78 is 6.99. The molecule has 0 aliphatic carbocycles. The summed E-state index contributed by atoms with van der Waals surface area (Å²) >= 11 is 1.52. The Bertz CT molecular complexity index is 1100. The summed E-state index contributed by atoms with van der Waals surface area (Å²) in [7, 11) is 1.65. The topological polar surface area (TPSA) is 44.1 Å². The first kappa shape index (κ1) is 17.6. The Labute approximate surface area is 161 Å². The van der Waals surface area contributed by atoms with Gasteiger partial charge in [-0.3, -0.25) is 9.36 Å². The van der Waals surface area contributed by atoms with E-state index in [2.05, 4.69) is 12.1 Å². The summed E-state index contributed by atoms with van der Waals surface area (Å²) in [5, 5.41) is 2.72. The van der Waals surface area contributed by atoms with Crippen molar-refractivity contribution in [1.29, 1.82) is 0 Å². The monoisotopic (exact) mass is 376 g/mol. The second-order valence-electron chi connectivity index (χ2n) is 6.34. The van der Waals surface area contributed by atoms with Crippen LogP contribution in [0, 0.1) is 0 Å². The summed E-state index contributed by atoms with van der Waals surface area (Å²) in [6.07, 6.45) is 0.619. The van der Waals surface area contributed by atoms with Crippen LogP contribution in [0.3, 0.4) is 0 Å². The van der Waals surface area contributed by atoms with E-state index in [-0.39, 0.29) is 5.56 Å². The average molecular weight is 376 g/mol. The largest absolute Gasteiger partial charge is 0.383 e. The van der Waals surface area contributed by atoms with Crippen molar-refractivity contribution < 1.29 is 4.74 Å². The van der Waals surface area contributed by atoms with Gasteiger partial charge in [-0.1, -0.05) is 60.7 Å². The normalized spacial score (nSPS) is 11.1. The molecule has 0 unspecified atom stereocenters. The highest BCUT2D eigenvalue weighted by Crippen LogP contribution is 2.31. The van der Waals surface area contributed by atoms with Gasteiger partial charge in [0.2, 0.25) is 0 Å². The van der Waals surface area contributed by atoms with Gasteiger partial charge in [-0.2, -0.15) is 0 Å². The number of fused-ring (bicyclic) bond motifs is 1. The van der Waals surface area contributed by atoms with E-state index < -0.39 is 0 Å². The number of hydrogen-bond acceptors (Lipinski definition) is 4. The molecule has 0 radical (unpaired) electrons. The van der Waals surface area contributed by atoms with Crippen LogP contribution in [0.2, 0.25) is 0 Å². The van der Waals surface area contributed by atoms with Gasteiger partial charge in [-0.15, -0.1) is 11.3 Å². The minimum Gasteiger partial charge on any atom is -0.383 e. The van der Waals surface area contributed by atoms with E-state index >= 15 is 0 Å². The first-order valence-electron chi connectivity index (χ1n) is 8.87. The fraction of sp³-hybridized carbons (Fsp3) is 0.182. The van der Waals surface area contributed by atoms with Crippen molar-refractivity contribution in [1.82, 2.24) is 9.55 Å². The highest BCUT2D eigenvalue weighted by Gasteiger charge is 2.17. The van der Waals surface area contributed by atoms with Crippen LogP contribution >= 0.6 is 11.3 Å². The summed E-state index contributed by atoms with van der Waals surface area (Å²) in [6.45, 7) is 0.963. The highest BCUT2D eigenvalue weighted by molar-refractivity contribution is 7.17. The van der Waals surface area contributed by atoms with Gasteiger partial charge >= 0.3 is 0 Å². The summed E-state index contributed by atoms with van der Waals surface area (Å²) in [4.78, 5) is 19.0. The van der Waals surface area contributed by atoms with E-state index in [4.69, 9.17) is 9.72 Å². The van der Waals surface area contributed by atoms with Gasteiger partial charge in [-0.25, -0.2) is 4.98 Å². The first-order chi connectivity index (χ1) is 13.3. The quantitative estimate of drug-likeness (QED) is 0.502. The molecule has 5 heteroatoms. The number of ether oxygens (including phenoxy) is 1. The number of aromatic nitrogens is 2. The molecule has 4 aromatic rings. The second kappa shape index (κ2) is 7.86. The molecule has 0 saturated heterocycles. The van der Waals surface area contributed by atoms with Crippen molar-refractivity contribution in [3.63, 3.8) is 0 Å². The molecule has 0 spiro atoms. The van der Waals surface area contributed by atoms with Crippen molar-refractivity contribution in [2.75, 3.05) is 13.7 Å². The van der Waals surface area contributed by atoms with Gasteiger partial charge in [0.1, 0.15) is 10.7 Å². The van der Waals surface area contributed by atoms with Crippen LogP contribution in [0.4, 0.5) is 0 Å². The molecule has 0 amide bonds. The van der Waals surface area contributed by atoms with Crippen LogP contribution in [-0.2, 0) is 17.7 Å². The van der Waals surface area contributed by atoms with E-state index in [0.717, 1.165) is 27.3 Å². The molecule has 2 heterocycles. The maximum Gasteiger partial charge on any atom is 0.262 e. The third kappa shape index (κ3) is 3.56. The molecule has 0 atom stereocenters. The molecule has 2 aromatic carbocycles. The Balaban J connectivity index is 1.88. The lowest BCUT2D eigenvalue weighted by molar-refractivity contribution is 0.185. The lowest BCUT2D eigenvalue weighted by Crippen LogP contribution is -2.27. The minimum absolute atomic E-state index is 0.00286. The van der Waals surface area contributed by atoms with E-state index in [1.54, 1.807) is 11.7 Å². The van der Waals surface area contributed by atoms with Gasteiger partial charge in [0.25, 0.3) is 5.56 Å². The predicted molar refractivity (Wildman–Crippen MR) is 110 cm³/mol. The first-order valence-corrected chi connectivity index (χ1v) is 9.75. The predicted octanol–water partition coefficient (Wildman–Crippen LogP) is 4.36. The number of nitrogens with zero attached hydrogens (tertiary/aromatic N) is 2. The summed E-state index contributed by atoms with van der Waals surface area (Å²) in [6, 6.07) is 20.1. The van der Waals surface area contributed by atoms with Crippen molar-refractivity contribution in [2.45, 2.75) is 13.0 Å². The van der Waals surface area contributed by atoms with Crippen molar-refractivity contribution >= 4 is 21.6 Å². The lowest BCUT2D eigenvalue weighted by atomic mass is 10.1. The summed E-state index contributed by atoms with van der Waals surface area (Å²) in [5.41, 5.74) is 3.13. The van der Waals surface area contributed by atoms with Crippen LogP contribution < -0.4 is 5.56 Å². The zero-order chi connectivity index (χ0) is 18.6. The Morgan fingerprint density at radius 1 is 1.04 bits per heavy atom. The lowest BCUT2D eigenvalue weighted by Gasteiger charge is -2.13. The van der Waals surface area contributed by atoms with Gasteiger partial charge in [-0.05, 0) is 11.1 Å². The van der Waals surface area contributed by atoms with Crippen molar-refractivity contribution in [3.8, 4) is 11.1 Å². The zero-order valence-corrected chi connectivity index (χ0v) is 15.9. The van der Waals surface area contributed by atoms with Crippen LogP contribution in [-0.4, -0.2) is 23.3 Å². The van der Waals surface area contributed by atoms with Crippen LogP contribution in [0.25, 0.3) is 21.3 Å². The molecule has 4 nitrogen and oxygen atoms in total. The number of hydrogen-bond donors (Lipinski definition) is 0. The fourth-order valence-corrected chi connectivity index (χ4v) is 4.18. The third-order valence-corrected chi connectivity index (χ3v) is 5.45. The van der Waals surface area contributed by atoms with Gasteiger partial charge in [0, 0.05) is 24.5 Å². The molecule has 136 valence electrons. The Morgan fingerprint density at radius 3 is 2.44 bits per heavy atom. The molecule has 0 fully saturated rings. The van der Waals surface area contributed by atoms with E-state index in [1.165, 1.54) is 11.3 Å². The number of methoxy groups -OCH3 is 1. The molecule has 0 N–H and O–H groups in total. The highest BCUT2D eigenvalue weighted by atomic mass is 32.1. The average Bonchev–Trinajstić information content (AvgIpc) is 3.13. The number of rotatable bonds is 6.